The molecule has 1 fully saturated rings. The lowest BCUT2D eigenvalue weighted by atomic mass is 9.87. The monoisotopic (exact) mass is 222 g/mol. The fourth-order valence-electron chi connectivity index (χ4n) is 2.26. The third-order valence-electron chi connectivity index (χ3n) is 3.36. The summed E-state index contributed by atoms with van der Waals surface area (Å²) in [5, 5.41) is 9.55. The van der Waals surface area contributed by atoms with Gasteiger partial charge in [0.2, 0.25) is 5.82 Å². The summed E-state index contributed by atoms with van der Waals surface area (Å²) in [7, 11) is 0. The van der Waals surface area contributed by atoms with E-state index in [0.29, 0.717) is 5.82 Å². The number of aromatic amines is 1. The van der Waals surface area contributed by atoms with Gasteiger partial charge in [0.15, 0.2) is 0 Å². The van der Waals surface area contributed by atoms with Crippen LogP contribution >= 0.6 is 0 Å². The lowest BCUT2D eigenvalue weighted by Gasteiger charge is -2.27. The van der Waals surface area contributed by atoms with Crippen LogP contribution in [0.15, 0.2) is 0 Å². The first-order valence-electron chi connectivity index (χ1n) is 5.69. The van der Waals surface area contributed by atoms with E-state index in [1.54, 1.807) is 6.92 Å². The topological polar surface area (TPSA) is 70.7 Å². The lowest BCUT2D eigenvalue weighted by Crippen LogP contribution is -2.41. The van der Waals surface area contributed by atoms with Gasteiger partial charge in [-0.1, -0.05) is 20.3 Å². The standard InChI is InChI=1S/C11H18N4O/c1-7-12-9(15-14-7)10(16)13-8-5-4-6-11(8,2)3/h8H,4-6H2,1-3H3,(H,13,16)(H,12,14,15). The number of carbonyl (C=O) groups excluding carboxylic acids is 1. The van der Waals surface area contributed by atoms with Crippen molar-refractivity contribution in [3.8, 4) is 0 Å². The Morgan fingerprint density at radius 3 is 2.81 bits per heavy atom. The van der Waals surface area contributed by atoms with Crippen molar-refractivity contribution in [3.05, 3.63) is 11.6 Å². The Morgan fingerprint density at radius 2 is 2.31 bits per heavy atom. The van der Waals surface area contributed by atoms with Crippen LogP contribution in [0.4, 0.5) is 0 Å². The first-order valence-corrected chi connectivity index (χ1v) is 5.69. The highest BCUT2D eigenvalue weighted by atomic mass is 16.2. The van der Waals surface area contributed by atoms with Gasteiger partial charge in [-0.15, -0.1) is 5.10 Å². The Kier molecular flexibility index (Phi) is 2.69. The highest BCUT2D eigenvalue weighted by Gasteiger charge is 2.35. The summed E-state index contributed by atoms with van der Waals surface area (Å²) in [6.45, 7) is 6.16. The number of nitrogens with one attached hydrogen (secondary N) is 2. The van der Waals surface area contributed by atoms with E-state index in [1.165, 1.54) is 6.42 Å². The third-order valence-corrected chi connectivity index (χ3v) is 3.36. The van der Waals surface area contributed by atoms with Crippen LogP contribution in [0, 0.1) is 12.3 Å². The molecule has 1 aliphatic carbocycles. The molecule has 1 atom stereocenters. The molecule has 5 nitrogen and oxygen atoms in total. The molecule has 0 bridgehead atoms. The molecule has 0 aromatic carbocycles. The van der Waals surface area contributed by atoms with Gasteiger partial charge in [0, 0.05) is 6.04 Å². The summed E-state index contributed by atoms with van der Waals surface area (Å²) < 4.78 is 0. The normalized spacial score (nSPS) is 23.3. The van der Waals surface area contributed by atoms with Gasteiger partial charge in [-0.2, -0.15) is 0 Å². The Labute approximate surface area is 95.0 Å². The van der Waals surface area contributed by atoms with Gasteiger partial charge in [0.1, 0.15) is 5.82 Å². The molecule has 0 radical (unpaired) electrons. The van der Waals surface area contributed by atoms with Gasteiger partial charge < -0.3 is 5.32 Å². The van der Waals surface area contributed by atoms with E-state index < -0.39 is 0 Å². The van der Waals surface area contributed by atoms with Crippen molar-refractivity contribution in [2.24, 2.45) is 5.41 Å². The van der Waals surface area contributed by atoms with E-state index in [2.05, 4.69) is 34.3 Å². The van der Waals surface area contributed by atoms with E-state index in [-0.39, 0.29) is 23.2 Å². The predicted octanol–water partition coefficient (Wildman–Crippen LogP) is 1.42. The molecule has 2 N–H and O–H groups in total. The molecule has 2 rings (SSSR count). The van der Waals surface area contributed by atoms with Crippen LogP contribution in [0.1, 0.15) is 49.6 Å². The number of amides is 1. The van der Waals surface area contributed by atoms with Crippen LogP contribution in [0.25, 0.3) is 0 Å². The summed E-state index contributed by atoms with van der Waals surface area (Å²) in [5.74, 6) is 0.723. The maximum Gasteiger partial charge on any atom is 0.291 e. The number of hydrogen-bond acceptors (Lipinski definition) is 3. The number of aromatic nitrogens is 3. The van der Waals surface area contributed by atoms with Crippen molar-refractivity contribution >= 4 is 5.91 Å². The maximum atomic E-state index is 11.8. The molecule has 1 aromatic heterocycles. The summed E-state index contributed by atoms with van der Waals surface area (Å²) >= 11 is 0. The molecule has 0 aliphatic heterocycles. The number of carbonyl (C=O) groups is 1. The number of H-pyrrole nitrogens is 1. The van der Waals surface area contributed by atoms with Crippen molar-refractivity contribution in [1.29, 1.82) is 0 Å². The van der Waals surface area contributed by atoms with Crippen LogP contribution < -0.4 is 5.32 Å². The Hall–Kier alpha value is -1.39. The fraction of sp³-hybridized carbons (Fsp3) is 0.727. The smallest absolute Gasteiger partial charge is 0.291 e. The highest BCUT2D eigenvalue weighted by molar-refractivity contribution is 5.90. The molecule has 1 saturated carbocycles. The van der Waals surface area contributed by atoms with Crippen molar-refractivity contribution in [2.75, 3.05) is 0 Å². The van der Waals surface area contributed by atoms with Crippen LogP contribution in [0.3, 0.4) is 0 Å². The zero-order valence-electron chi connectivity index (χ0n) is 10.0. The first-order chi connectivity index (χ1) is 7.49. The summed E-state index contributed by atoms with van der Waals surface area (Å²) in [6.07, 6.45) is 3.37. The molecule has 16 heavy (non-hydrogen) atoms. The summed E-state index contributed by atoms with van der Waals surface area (Å²) in [4.78, 5) is 15.9. The van der Waals surface area contributed by atoms with Crippen molar-refractivity contribution in [3.63, 3.8) is 0 Å². The number of rotatable bonds is 2. The fourth-order valence-corrected chi connectivity index (χ4v) is 2.26. The number of aryl methyl sites for hydroxylation is 1. The second kappa shape index (κ2) is 3.88. The molecule has 1 aromatic rings. The second-order valence-electron chi connectivity index (χ2n) is 5.15. The average molecular weight is 222 g/mol. The zero-order chi connectivity index (χ0) is 11.8. The SMILES string of the molecule is Cc1nc(C(=O)NC2CCCC2(C)C)n[nH]1. The van der Waals surface area contributed by atoms with Gasteiger partial charge in [-0.3, -0.25) is 9.89 Å². The predicted molar refractivity (Wildman–Crippen MR) is 60.0 cm³/mol. The Balaban J connectivity index is 2.03. The summed E-state index contributed by atoms with van der Waals surface area (Å²) in [5.41, 5.74) is 0.182. The van der Waals surface area contributed by atoms with Crippen molar-refractivity contribution < 1.29 is 4.79 Å². The molecular formula is C11H18N4O. The van der Waals surface area contributed by atoms with Crippen LogP contribution in [0.5, 0.6) is 0 Å². The van der Waals surface area contributed by atoms with E-state index >= 15 is 0 Å². The van der Waals surface area contributed by atoms with E-state index in [9.17, 15) is 4.79 Å². The maximum absolute atomic E-state index is 11.8. The molecule has 0 saturated heterocycles. The van der Waals surface area contributed by atoms with E-state index in [0.717, 1.165) is 12.8 Å². The quantitative estimate of drug-likeness (QED) is 0.795. The molecular weight excluding hydrogens is 204 g/mol. The van der Waals surface area contributed by atoms with Gasteiger partial charge >= 0.3 is 0 Å². The molecule has 1 heterocycles. The van der Waals surface area contributed by atoms with Crippen molar-refractivity contribution in [2.45, 2.75) is 46.1 Å². The molecule has 1 aliphatic rings. The average Bonchev–Trinajstić information content (AvgIpc) is 2.74. The zero-order valence-corrected chi connectivity index (χ0v) is 10.0. The third kappa shape index (κ3) is 2.08. The molecule has 5 heteroatoms. The van der Waals surface area contributed by atoms with Gasteiger partial charge in [-0.25, -0.2) is 4.98 Å². The van der Waals surface area contributed by atoms with Gasteiger partial charge in [-0.05, 0) is 25.2 Å². The summed E-state index contributed by atoms with van der Waals surface area (Å²) in [6, 6.07) is 0.235. The van der Waals surface area contributed by atoms with Crippen LogP contribution in [0.2, 0.25) is 0 Å². The Bertz CT molecular complexity index is 396. The van der Waals surface area contributed by atoms with Gasteiger partial charge in [0.25, 0.3) is 5.91 Å². The van der Waals surface area contributed by atoms with Crippen molar-refractivity contribution in [1.82, 2.24) is 20.5 Å². The highest BCUT2D eigenvalue weighted by Crippen LogP contribution is 2.37. The minimum Gasteiger partial charge on any atom is -0.346 e. The second-order valence-corrected chi connectivity index (χ2v) is 5.15. The largest absolute Gasteiger partial charge is 0.346 e. The van der Waals surface area contributed by atoms with Crippen LogP contribution in [-0.2, 0) is 0 Å². The van der Waals surface area contributed by atoms with E-state index in [1.807, 2.05) is 0 Å². The minimum atomic E-state index is -0.177. The van der Waals surface area contributed by atoms with Gasteiger partial charge in [0.05, 0.1) is 0 Å². The molecule has 1 amide bonds. The minimum absolute atomic E-state index is 0.177. The molecule has 88 valence electrons. The number of nitrogens with zero attached hydrogens (tertiary/aromatic N) is 2. The first kappa shape index (κ1) is 11.1. The van der Waals surface area contributed by atoms with E-state index in [4.69, 9.17) is 0 Å². The number of hydrogen-bond donors (Lipinski definition) is 2. The molecule has 0 spiro atoms. The molecule has 1 unspecified atom stereocenters. The van der Waals surface area contributed by atoms with Crippen LogP contribution in [-0.4, -0.2) is 27.1 Å². The Morgan fingerprint density at radius 1 is 1.56 bits per heavy atom. The lowest BCUT2D eigenvalue weighted by molar-refractivity contribution is 0.0899.